The molecule has 4 nitrogen and oxygen atoms in total. The fourth-order valence-electron chi connectivity index (χ4n) is 6.57. The predicted octanol–water partition coefficient (Wildman–Crippen LogP) is 10.1. The molecule has 1 unspecified atom stereocenters. The van der Waals surface area contributed by atoms with Crippen molar-refractivity contribution >= 4 is 55.2 Å². The maximum atomic E-state index is 6.69. The van der Waals surface area contributed by atoms with Crippen LogP contribution < -0.4 is 5.32 Å². The van der Waals surface area contributed by atoms with Crippen molar-refractivity contribution in [2.45, 2.75) is 6.17 Å². The molecular formula is C41H27N3O. The van der Waals surface area contributed by atoms with Gasteiger partial charge >= 0.3 is 0 Å². The first-order valence-corrected chi connectivity index (χ1v) is 15.2. The van der Waals surface area contributed by atoms with E-state index in [1.165, 1.54) is 21.5 Å². The minimum absolute atomic E-state index is 0.354. The molecule has 0 spiro atoms. The Hall–Kier alpha value is -6.00. The lowest BCUT2D eigenvalue weighted by Crippen LogP contribution is -2.33. The molecule has 45 heavy (non-hydrogen) atoms. The second-order valence-electron chi connectivity index (χ2n) is 11.4. The quantitative estimate of drug-likeness (QED) is 0.212. The van der Waals surface area contributed by atoms with E-state index in [1.807, 2.05) is 42.5 Å². The Balaban J connectivity index is 1.22. The average molecular weight is 578 g/mol. The lowest BCUT2D eigenvalue weighted by atomic mass is 9.95. The van der Waals surface area contributed by atoms with Crippen LogP contribution in [-0.2, 0) is 0 Å². The fraction of sp³-hybridized carbons (Fsp3) is 0.0244. The Kier molecular flexibility index (Phi) is 5.85. The van der Waals surface area contributed by atoms with E-state index in [-0.39, 0.29) is 6.17 Å². The van der Waals surface area contributed by atoms with Crippen LogP contribution in [0.15, 0.2) is 166 Å². The minimum atomic E-state index is -0.354. The molecule has 1 aromatic heterocycles. The zero-order chi connectivity index (χ0) is 29.7. The number of nitrogens with one attached hydrogen (secondary N) is 1. The summed E-state index contributed by atoms with van der Waals surface area (Å²) in [4.78, 5) is 10.1. The number of hydrogen-bond acceptors (Lipinski definition) is 4. The highest BCUT2D eigenvalue weighted by molar-refractivity contribution is 6.15. The maximum absolute atomic E-state index is 6.69. The standard InChI is InChI=1S/C41H27N3O/c1-3-12-28(13-4-1)39-42-40(29-14-5-2-6-15-29)44-41(43-39)34-19-10-20-36-37(34)33-18-9-17-32(38(33)45-36)30-24-23-27-22-21-26-11-7-8-16-31(26)35(27)25-30/h1-25,41H,(H,42,43,44). The van der Waals surface area contributed by atoms with Gasteiger partial charge in [0.2, 0.25) is 0 Å². The van der Waals surface area contributed by atoms with Gasteiger partial charge in [-0.25, -0.2) is 9.98 Å². The summed E-state index contributed by atoms with van der Waals surface area (Å²) in [5.74, 6) is 1.50. The van der Waals surface area contributed by atoms with Crippen LogP contribution in [0.25, 0.3) is 54.6 Å². The van der Waals surface area contributed by atoms with Crippen LogP contribution >= 0.6 is 0 Å². The molecule has 1 atom stereocenters. The normalized spacial score (nSPS) is 14.9. The Morgan fingerprint density at radius 3 is 2.07 bits per heavy atom. The van der Waals surface area contributed by atoms with Gasteiger partial charge in [0.25, 0.3) is 0 Å². The van der Waals surface area contributed by atoms with Crippen molar-refractivity contribution in [2.75, 3.05) is 0 Å². The van der Waals surface area contributed by atoms with Gasteiger partial charge in [-0.2, -0.15) is 0 Å². The molecular weight excluding hydrogens is 550 g/mol. The van der Waals surface area contributed by atoms with E-state index in [1.54, 1.807) is 0 Å². The third kappa shape index (κ3) is 4.30. The predicted molar refractivity (Wildman–Crippen MR) is 186 cm³/mol. The van der Waals surface area contributed by atoms with Crippen LogP contribution in [0.2, 0.25) is 0 Å². The van der Waals surface area contributed by atoms with E-state index in [4.69, 9.17) is 14.4 Å². The van der Waals surface area contributed by atoms with Crippen LogP contribution in [0.5, 0.6) is 0 Å². The molecule has 2 heterocycles. The molecule has 0 amide bonds. The number of aliphatic imine (C=N–C) groups is 2. The topological polar surface area (TPSA) is 49.9 Å². The largest absolute Gasteiger partial charge is 0.455 e. The minimum Gasteiger partial charge on any atom is -0.455 e. The number of furan rings is 1. The summed E-state index contributed by atoms with van der Waals surface area (Å²) in [7, 11) is 0. The van der Waals surface area contributed by atoms with E-state index < -0.39 is 0 Å². The van der Waals surface area contributed by atoms with Crippen molar-refractivity contribution in [3.63, 3.8) is 0 Å². The third-order valence-electron chi connectivity index (χ3n) is 8.73. The monoisotopic (exact) mass is 577 g/mol. The highest BCUT2D eigenvalue weighted by Gasteiger charge is 2.25. The number of para-hydroxylation sites is 1. The van der Waals surface area contributed by atoms with E-state index in [0.717, 1.165) is 55.6 Å². The molecule has 212 valence electrons. The van der Waals surface area contributed by atoms with Crippen molar-refractivity contribution in [3.8, 4) is 11.1 Å². The van der Waals surface area contributed by atoms with Crippen LogP contribution in [0.1, 0.15) is 22.9 Å². The molecule has 0 fully saturated rings. The summed E-state index contributed by atoms with van der Waals surface area (Å²) in [6.07, 6.45) is -0.354. The first-order valence-electron chi connectivity index (χ1n) is 15.2. The number of fused-ring (bicyclic) bond motifs is 6. The van der Waals surface area contributed by atoms with Gasteiger partial charge in [-0.05, 0) is 39.2 Å². The molecule has 8 aromatic rings. The average Bonchev–Trinajstić information content (AvgIpc) is 3.51. The van der Waals surface area contributed by atoms with Gasteiger partial charge in [0.15, 0.2) is 5.84 Å². The first kappa shape index (κ1) is 25.5. The molecule has 0 saturated carbocycles. The van der Waals surface area contributed by atoms with Crippen LogP contribution in [0.4, 0.5) is 0 Å². The van der Waals surface area contributed by atoms with Crippen molar-refractivity contribution in [2.24, 2.45) is 9.98 Å². The van der Waals surface area contributed by atoms with E-state index in [0.29, 0.717) is 5.84 Å². The van der Waals surface area contributed by atoms with Crippen molar-refractivity contribution in [1.82, 2.24) is 5.32 Å². The van der Waals surface area contributed by atoms with Gasteiger partial charge in [0, 0.05) is 33.0 Å². The summed E-state index contributed by atoms with van der Waals surface area (Å²) < 4.78 is 6.69. The number of nitrogens with zero attached hydrogens (tertiary/aromatic N) is 2. The van der Waals surface area contributed by atoms with Crippen molar-refractivity contribution < 1.29 is 4.42 Å². The lowest BCUT2D eigenvalue weighted by molar-refractivity contribution is 0.663. The summed E-state index contributed by atoms with van der Waals surface area (Å²) in [6, 6.07) is 52.7. The molecule has 0 radical (unpaired) electrons. The molecule has 7 aromatic carbocycles. The van der Waals surface area contributed by atoms with E-state index in [2.05, 4.69) is 115 Å². The van der Waals surface area contributed by atoms with Crippen LogP contribution in [0, 0.1) is 0 Å². The number of hydrogen-bond donors (Lipinski definition) is 1. The zero-order valence-corrected chi connectivity index (χ0v) is 24.3. The van der Waals surface area contributed by atoms with Crippen molar-refractivity contribution in [1.29, 1.82) is 0 Å². The van der Waals surface area contributed by atoms with Gasteiger partial charge in [-0.3, -0.25) is 0 Å². The highest BCUT2D eigenvalue weighted by atomic mass is 16.3. The van der Waals surface area contributed by atoms with E-state index >= 15 is 0 Å². The zero-order valence-electron chi connectivity index (χ0n) is 24.3. The lowest BCUT2D eigenvalue weighted by Gasteiger charge is -2.24. The second kappa shape index (κ2) is 10.3. The van der Waals surface area contributed by atoms with Gasteiger partial charge in [-0.15, -0.1) is 0 Å². The Morgan fingerprint density at radius 1 is 0.533 bits per heavy atom. The van der Waals surface area contributed by atoms with Gasteiger partial charge in [-0.1, -0.05) is 140 Å². The molecule has 1 aliphatic rings. The second-order valence-corrected chi connectivity index (χ2v) is 11.4. The SMILES string of the molecule is c1ccc(C2=NC(c3cccc4oc5c(-c6ccc7ccc8ccccc8c7c6)cccc5c34)NC(c3ccccc3)=N2)cc1. The van der Waals surface area contributed by atoms with Crippen LogP contribution in [-0.4, -0.2) is 11.7 Å². The fourth-order valence-corrected chi connectivity index (χ4v) is 6.57. The van der Waals surface area contributed by atoms with Crippen LogP contribution in [0.3, 0.4) is 0 Å². The van der Waals surface area contributed by atoms with Gasteiger partial charge in [0.1, 0.15) is 23.2 Å². The molecule has 9 rings (SSSR count). The molecule has 4 heteroatoms. The molecule has 0 saturated heterocycles. The van der Waals surface area contributed by atoms with E-state index in [9.17, 15) is 0 Å². The highest BCUT2D eigenvalue weighted by Crippen LogP contribution is 2.40. The van der Waals surface area contributed by atoms with Crippen molar-refractivity contribution in [3.05, 3.63) is 168 Å². The summed E-state index contributed by atoms with van der Waals surface area (Å²) in [5, 5.41) is 10.7. The summed E-state index contributed by atoms with van der Waals surface area (Å²) in [6.45, 7) is 0. The Morgan fingerprint density at radius 2 is 1.22 bits per heavy atom. The first-order chi connectivity index (χ1) is 22.3. The number of rotatable bonds is 4. The Bertz CT molecular complexity index is 2460. The summed E-state index contributed by atoms with van der Waals surface area (Å²) >= 11 is 0. The van der Waals surface area contributed by atoms with Gasteiger partial charge < -0.3 is 9.73 Å². The smallest absolute Gasteiger partial charge is 0.159 e. The third-order valence-corrected chi connectivity index (χ3v) is 8.73. The molecule has 0 bridgehead atoms. The molecule has 1 aliphatic heterocycles. The number of amidine groups is 2. The number of benzene rings is 7. The maximum Gasteiger partial charge on any atom is 0.159 e. The van der Waals surface area contributed by atoms with Gasteiger partial charge in [0.05, 0.1) is 0 Å². The Labute approximate surface area is 260 Å². The summed E-state index contributed by atoms with van der Waals surface area (Å²) in [5.41, 5.74) is 6.95. The molecule has 1 N–H and O–H groups in total. The molecule has 0 aliphatic carbocycles.